The van der Waals surface area contributed by atoms with Gasteiger partial charge in [-0.05, 0) is 224 Å². The van der Waals surface area contributed by atoms with Gasteiger partial charge in [0, 0.05) is 39.5 Å². The largest absolute Gasteiger partial charge is 0.379 e. The molecule has 0 radical (unpaired) electrons. The van der Waals surface area contributed by atoms with Crippen molar-refractivity contribution in [3.8, 4) is 0 Å². The minimum Gasteiger partial charge on any atom is -0.379 e. The number of likely N-dealkylation sites (N-methyl/N-ethyl adjacent to an activating group) is 2. The summed E-state index contributed by atoms with van der Waals surface area (Å²) in [6.07, 6.45) is 62.9. The molecule has 568 valence electrons. The van der Waals surface area contributed by atoms with E-state index < -0.39 is 0 Å². The zero-order chi connectivity index (χ0) is 69.5. The van der Waals surface area contributed by atoms with Crippen LogP contribution in [-0.4, -0.2) is 103 Å². The van der Waals surface area contributed by atoms with Gasteiger partial charge in [0.05, 0.1) is 25.4 Å². The summed E-state index contributed by atoms with van der Waals surface area (Å²) >= 11 is 0. The Morgan fingerprint density at radius 3 is 0.688 bits per heavy atom. The summed E-state index contributed by atoms with van der Waals surface area (Å²) in [4.78, 5) is 4.56. The lowest BCUT2D eigenvalue weighted by Gasteiger charge is -2.23. The molecule has 8 bridgehead atoms. The Hall–Kier alpha value is -0.240. The highest BCUT2D eigenvalue weighted by Gasteiger charge is 2.33. The lowest BCUT2D eigenvalue weighted by Crippen LogP contribution is -2.33. The maximum absolute atomic E-state index is 6.56. The molecule has 0 N–H and O–H groups in total. The monoisotopic (exact) mass is 1350 g/mol. The van der Waals surface area contributed by atoms with Gasteiger partial charge in [0.25, 0.3) is 0 Å². The summed E-state index contributed by atoms with van der Waals surface area (Å²) in [5.74, 6) is 17.9. The zero-order valence-electron chi connectivity index (χ0n) is 68.0. The van der Waals surface area contributed by atoms with E-state index in [-0.39, 0.29) is 12.2 Å². The molecule has 0 spiro atoms. The van der Waals surface area contributed by atoms with Crippen LogP contribution in [0.2, 0.25) is 0 Å². The van der Waals surface area contributed by atoms with Gasteiger partial charge in [0.1, 0.15) is 0 Å². The first-order valence-electron chi connectivity index (χ1n) is 43.8. The summed E-state index contributed by atoms with van der Waals surface area (Å²) < 4.78 is 25.8. The molecule has 1 heterocycles. The molecule has 1 aliphatic heterocycles. The molecule has 0 amide bonds. The van der Waals surface area contributed by atoms with Crippen molar-refractivity contribution in [3.05, 3.63) is 0 Å². The van der Waals surface area contributed by atoms with Crippen LogP contribution in [0.1, 0.15) is 366 Å². The van der Waals surface area contributed by atoms with Crippen LogP contribution in [0, 0.1) is 118 Å². The lowest BCUT2D eigenvalue weighted by atomic mass is 9.84. The molecular formula is C90H174N2O4. The molecule has 5 rings (SSSR count). The molecule has 6 nitrogen and oxygen atoms in total. The topological polar surface area (TPSA) is 43.4 Å². The smallest absolute Gasteiger partial charge is 0.0934 e. The number of ether oxygens (including phenoxy) is 4. The lowest BCUT2D eigenvalue weighted by molar-refractivity contribution is -0.0326. The van der Waals surface area contributed by atoms with Crippen molar-refractivity contribution in [2.75, 3.05) is 80.9 Å². The van der Waals surface area contributed by atoms with Crippen LogP contribution in [0.3, 0.4) is 0 Å². The molecule has 16 unspecified atom stereocenters. The normalized spacial score (nSPS) is 39.6. The molecule has 96 heavy (non-hydrogen) atoms. The Bertz CT molecular complexity index is 1700. The third-order valence-corrected chi connectivity index (χ3v) is 27.7. The van der Waals surface area contributed by atoms with Crippen LogP contribution in [-0.2, 0) is 18.9 Å². The second-order valence-electron chi connectivity index (χ2n) is 37.9. The second kappa shape index (κ2) is 51.0. The highest BCUT2D eigenvalue weighted by Crippen LogP contribution is 2.45. The summed E-state index contributed by atoms with van der Waals surface area (Å²) in [6, 6.07) is 0. The molecule has 5 fully saturated rings. The van der Waals surface area contributed by atoms with E-state index in [4.69, 9.17) is 18.9 Å². The van der Waals surface area contributed by atoms with Crippen molar-refractivity contribution >= 4 is 0 Å². The van der Waals surface area contributed by atoms with Gasteiger partial charge in [-0.25, -0.2) is 0 Å². The fourth-order valence-corrected chi connectivity index (χ4v) is 20.0. The van der Waals surface area contributed by atoms with Crippen LogP contribution >= 0.6 is 0 Å². The van der Waals surface area contributed by atoms with Gasteiger partial charge in [-0.15, -0.1) is 0 Å². The van der Waals surface area contributed by atoms with Crippen molar-refractivity contribution in [1.82, 2.24) is 9.80 Å². The van der Waals surface area contributed by atoms with E-state index in [1.807, 2.05) is 0 Å². The quantitative estimate of drug-likeness (QED) is 0.279. The summed E-state index contributed by atoms with van der Waals surface area (Å²) in [5, 5.41) is 0. The van der Waals surface area contributed by atoms with E-state index in [1.165, 1.54) is 283 Å². The number of hydrogen-bond donors (Lipinski definition) is 0. The molecule has 22 atom stereocenters. The first kappa shape index (κ1) is 86.4. The van der Waals surface area contributed by atoms with Crippen LogP contribution in [0.4, 0.5) is 0 Å². The summed E-state index contributed by atoms with van der Waals surface area (Å²) in [5.41, 5.74) is 0. The molecule has 6 heteroatoms. The second-order valence-corrected chi connectivity index (χ2v) is 37.9. The van der Waals surface area contributed by atoms with E-state index in [1.54, 1.807) is 0 Å². The Morgan fingerprint density at radius 1 is 0.229 bits per heavy atom. The Labute approximate surface area is 602 Å². The van der Waals surface area contributed by atoms with Gasteiger partial charge in [0.2, 0.25) is 0 Å². The van der Waals surface area contributed by atoms with Gasteiger partial charge in [-0.3, -0.25) is 0 Å². The van der Waals surface area contributed by atoms with E-state index in [9.17, 15) is 0 Å². The maximum Gasteiger partial charge on any atom is 0.0934 e. The molecule has 4 saturated carbocycles. The summed E-state index contributed by atoms with van der Waals surface area (Å²) in [7, 11) is 8.72. The van der Waals surface area contributed by atoms with E-state index in [2.05, 4.69) is 121 Å². The molecule has 1 saturated heterocycles. The molecule has 0 aromatic carbocycles. The average molecular weight is 1350 g/mol. The van der Waals surface area contributed by atoms with Crippen LogP contribution in [0.15, 0.2) is 0 Å². The molecule has 5 aliphatic rings. The maximum atomic E-state index is 6.56. The van der Waals surface area contributed by atoms with Gasteiger partial charge in [-0.1, -0.05) is 289 Å². The standard InChI is InChI=1S/C90H174N2O4/c1-69-25-17-33-77(9)85-49-45-81(61-85)37-21-29-73(5)53-57-93-67-89(65-91(13)14)95-59-55-75(7)31-23-39-83-47-51-87(63-83)79(11)35-19-27-71(3)43-44-72(4)28-20-36-80(12)88-52-48-84(64-88)40-24-32-76(8)56-60-96-90(66-92(15)16)68-94-58-54-74(6)30-22-38-82-46-50-86(62-82)78(10)34-18-26-70(2)42-41-69/h69-90H,17-68H2,1-16H3/t69-,70?,71-,72?,73-,74?,75-,76?,77+,78?,79+,80?,81?,82?,83?,84?,85?,86?,87?,88?,89?,90?/m1/s1. The van der Waals surface area contributed by atoms with Crippen molar-refractivity contribution in [2.24, 2.45) is 118 Å². The average Bonchev–Trinajstić information content (AvgIpc) is 2.05. The fraction of sp³-hybridized carbons (Fsp3) is 1.00. The molecule has 0 aromatic heterocycles. The predicted octanol–water partition coefficient (Wildman–Crippen LogP) is 25.7. The highest BCUT2D eigenvalue weighted by molar-refractivity contribution is 4.84. The van der Waals surface area contributed by atoms with Crippen LogP contribution in [0.25, 0.3) is 0 Å². The van der Waals surface area contributed by atoms with E-state index >= 15 is 0 Å². The number of nitrogens with zero attached hydrogens (tertiary/aromatic N) is 2. The zero-order valence-corrected chi connectivity index (χ0v) is 68.0. The molecular weight excluding hydrogens is 1170 g/mol. The first-order chi connectivity index (χ1) is 46.2. The third-order valence-electron chi connectivity index (χ3n) is 27.7. The van der Waals surface area contributed by atoms with Gasteiger partial charge in [-0.2, -0.15) is 0 Å². The number of hydrogen-bond acceptors (Lipinski definition) is 6. The van der Waals surface area contributed by atoms with Gasteiger partial charge >= 0.3 is 0 Å². The SMILES string of the molecule is CC1CCCC2CCC(C2)C(C)CCCC(C)CC[C@H](C)CCC[C@H](C)C2CCC(CCC[C@@H](C)CCOCC(CN(C)C)OCC[C@H](C)CCCC3CCC(C3)[C@@H](C)CCC[C@@H](C)CCC(C)CCCC(C)C3CCC(CCCC(C)CCOC(CN(C)C)COCC1)C3)C2. The Morgan fingerprint density at radius 2 is 0.448 bits per heavy atom. The van der Waals surface area contributed by atoms with Crippen molar-refractivity contribution in [2.45, 2.75) is 378 Å². The minimum atomic E-state index is 0.168. The Balaban J connectivity index is 0.988. The van der Waals surface area contributed by atoms with Crippen molar-refractivity contribution < 1.29 is 18.9 Å². The summed E-state index contributed by atoms with van der Waals surface area (Å²) in [6.45, 7) is 37.4. The van der Waals surface area contributed by atoms with Crippen molar-refractivity contribution in [3.63, 3.8) is 0 Å². The van der Waals surface area contributed by atoms with Crippen molar-refractivity contribution in [1.29, 1.82) is 0 Å². The molecule has 0 aromatic rings. The first-order valence-corrected chi connectivity index (χ1v) is 43.8. The minimum absolute atomic E-state index is 0.168. The fourth-order valence-electron chi connectivity index (χ4n) is 20.0. The number of rotatable bonds is 4. The highest BCUT2D eigenvalue weighted by atomic mass is 16.5. The molecule has 4 aliphatic carbocycles. The third kappa shape index (κ3) is 39.0. The Kier molecular flexibility index (Phi) is 45.9. The van der Waals surface area contributed by atoms with Gasteiger partial charge < -0.3 is 28.7 Å². The van der Waals surface area contributed by atoms with E-state index in [0.717, 1.165) is 171 Å². The van der Waals surface area contributed by atoms with Gasteiger partial charge in [0.15, 0.2) is 0 Å². The van der Waals surface area contributed by atoms with Crippen LogP contribution < -0.4 is 0 Å². The van der Waals surface area contributed by atoms with Crippen LogP contribution in [0.5, 0.6) is 0 Å². The van der Waals surface area contributed by atoms with E-state index in [0.29, 0.717) is 0 Å². The predicted molar refractivity (Wildman–Crippen MR) is 419 cm³/mol. The number of fused-ring (bicyclic) bond motifs is 8.